The Morgan fingerprint density at radius 1 is 1.03 bits per heavy atom. The Morgan fingerprint density at radius 3 is 2.34 bits per heavy atom. The number of hydrogen-bond donors (Lipinski definition) is 1. The normalized spacial score (nSPS) is 12.1. The molecule has 0 heterocycles. The van der Waals surface area contributed by atoms with Gasteiger partial charge in [0.25, 0.3) is 0 Å². The summed E-state index contributed by atoms with van der Waals surface area (Å²) in [6.45, 7) is 1.11. The average molecular weight is 423 g/mol. The number of ether oxygens (including phenoxy) is 1. The van der Waals surface area contributed by atoms with Crippen LogP contribution in [0.15, 0.2) is 65.6 Å². The Bertz CT molecular complexity index is 1160. The van der Waals surface area contributed by atoms with E-state index in [1.165, 1.54) is 37.3 Å². The molecule has 0 radical (unpaired) electrons. The summed E-state index contributed by atoms with van der Waals surface area (Å²) in [6.07, 6.45) is -4.45. The number of hydrogen-bond acceptors (Lipinski definition) is 4. The van der Waals surface area contributed by atoms with Crippen LogP contribution in [0.25, 0.3) is 10.8 Å². The molecule has 0 aliphatic rings. The fourth-order valence-electron chi connectivity index (χ4n) is 2.72. The zero-order valence-electron chi connectivity index (χ0n) is 15.2. The van der Waals surface area contributed by atoms with Crippen LogP contribution in [0.4, 0.5) is 13.2 Å². The monoisotopic (exact) mass is 423 g/mol. The summed E-state index contributed by atoms with van der Waals surface area (Å²) in [5.74, 6) is -0.177. The van der Waals surface area contributed by atoms with Gasteiger partial charge in [0.15, 0.2) is 0 Å². The minimum absolute atomic E-state index is 0.0168. The molecule has 0 aromatic heterocycles. The molecule has 3 aromatic rings. The molecular weight excluding hydrogens is 407 g/mol. The van der Waals surface area contributed by atoms with Crippen molar-refractivity contribution in [3.05, 3.63) is 71.8 Å². The number of carbonyl (C=O) groups excluding carboxylic acids is 1. The Balaban J connectivity index is 1.80. The molecule has 3 rings (SSSR count). The number of rotatable bonds is 5. The van der Waals surface area contributed by atoms with Crippen LogP contribution in [0.3, 0.4) is 0 Å². The van der Waals surface area contributed by atoms with Crippen LogP contribution in [0.2, 0.25) is 0 Å². The summed E-state index contributed by atoms with van der Waals surface area (Å²) in [7, 11) is -3.90. The minimum Gasteiger partial charge on any atom is -0.426 e. The molecule has 0 aliphatic heterocycles. The smallest absolute Gasteiger partial charge is 0.416 e. The van der Waals surface area contributed by atoms with Crippen LogP contribution in [0, 0.1) is 0 Å². The first-order valence-electron chi connectivity index (χ1n) is 8.43. The molecule has 29 heavy (non-hydrogen) atoms. The fraction of sp³-hybridized carbons (Fsp3) is 0.150. The van der Waals surface area contributed by atoms with Crippen LogP contribution >= 0.6 is 0 Å². The first-order valence-corrected chi connectivity index (χ1v) is 9.91. The van der Waals surface area contributed by atoms with Crippen LogP contribution in [-0.2, 0) is 27.5 Å². The van der Waals surface area contributed by atoms with Crippen molar-refractivity contribution >= 4 is 26.8 Å². The largest absolute Gasteiger partial charge is 0.426 e. The lowest BCUT2D eigenvalue weighted by atomic mass is 10.1. The predicted octanol–water partition coefficient (Wildman–Crippen LogP) is 4.26. The maximum atomic E-state index is 12.6. The number of halogens is 3. The van der Waals surface area contributed by atoms with Gasteiger partial charge in [-0.05, 0) is 47.3 Å². The summed E-state index contributed by atoms with van der Waals surface area (Å²) in [5.41, 5.74) is -0.415. The van der Waals surface area contributed by atoms with Crippen molar-refractivity contribution in [3.63, 3.8) is 0 Å². The number of sulfonamides is 1. The third-order valence-electron chi connectivity index (χ3n) is 4.12. The lowest BCUT2D eigenvalue weighted by Crippen LogP contribution is -2.23. The molecule has 0 saturated carbocycles. The molecule has 0 fully saturated rings. The highest BCUT2D eigenvalue weighted by Crippen LogP contribution is 2.30. The highest BCUT2D eigenvalue weighted by Gasteiger charge is 2.30. The molecule has 0 unspecified atom stereocenters. The summed E-state index contributed by atoms with van der Waals surface area (Å²) >= 11 is 0. The highest BCUT2D eigenvalue weighted by atomic mass is 32.2. The fourth-order valence-corrected chi connectivity index (χ4v) is 3.77. The molecule has 0 saturated heterocycles. The van der Waals surface area contributed by atoms with Gasteiger partial charge in [-0.2, -0.15) is 13.2 Å². The molecule has 5 nitrogen and oxygen atoms in total. The lowest BCUT2D eigenvalue weighted by molar-refractivity contribution is -0.137. The van der Waals surface area contributed by atoms with E-state index in [2.05, 4.69) is 4.72 Å². The van der Waals surface area contributed by atoms with Crippen LogP contribution in [-0.4, -0.2) is 14.4 Å². The van der Waals surface area contributed by atoms with Crippen molar-refractivity contribution in [2.24, 2.45) is 0 Å². The SMILES string of the molecule is CC(=O)Oc1cccc2cc(S(=O)(=O)NCc3ccc(C(F)(F)F)cc3)ccc12. The summed E-state index contributed by atoms with van der Waals surface area (Å²) in [5, 5.41) is 1.13. The Kier molecular flexibility index (Phi) is 5.63. The van der Waals surface area contributed by atoms with Gasteiger partial charge in [0, 0.05) is 18.9 Å². The molecule has 3 aromatic carbocycles. The quantitative estimate of drug-likeness (QED) is 0.492. The van der Waals surface area contributed by atoms with E-state index in [4.69, 9.17) is 4.74 Å². The summed E-state index contributed by atoms with van der Waals surface area (Å²) < 4.78 is 70.4. The van der Waals surface area contributed by atoms with Crippen molar-refractivity contribution in [3.8, 4) is 5.75 Å². The summed E-state index contributed by atoms with van der Waals surface area (Å²) in [4.78, 5) is 11.2. The molecule has 0 aliphatic carbocycles. The Labute approximate surface area is 165 Å². The molecule has 152 valence electrons. The number of esters is 1. The topological polar surface area (TPSA) is 72.5 Å². The number of fused-ring (bicyclic) bond motifs is 1. The van der Waals surface area contributed by atoms with Gasteiger partial charge in [0.05, 0.1) is 10.5 Å². The van der Waals surface area contributed by atoms with Crippen molar-refractivity contribution in [2.45, 2.75) is 24.5 Å². The zero-order chi connectivity index (χ0) is 21.2. The number of alkyl halides is 3. The number of carbonyl (C=O) groups is 1. The molecule has 0 bridgehead atoms. The van der Waals surface area contributed by atoms with Gasteiger partial charge in [-0.1, -0.05) is 24.3 Å². The lowest BCUT2D eigenvalue weighted by Gasteiger charge is -2.11. The van der Waals surface area contributed by atoms with E-state index < -0.39 is 27.7 Å². The van der Waals surface area contributed by atoms with Gasteiger partial charge in [0.1, 0.15) is 5.75 Å². The standard InChI is InChI=1S/C20H16F3NO4S/c1-13(25)28-19-4-2-3-15-11-17(9-10-18(15)19)29(26,27)24-12-14-5-7-16(8-6-14)20(21,22)23/h2-11,24H,12H2,1H3. The molecule has 0 spiro atoms. The van der Waals surface area contributed by atoms with Gasteiger partial charge in [0.2, 0.25) is 10.0 Å². The van der Waals surface area contributed by atoms with Crippen molar-refractivity contribution in [1.29, 1.82) is 0 Å². The van der Waals surface area contributed by atoms with Gasteiger partial charge in [-0.3, -0.25) is 4.79 Å². The van der Waals surface area contributed by atoms with E-state index in [0.717, 1.165) is 12.1 Å². The minimum atomic E-state index is -4.45. The third kappa shape index (κ3) is 4.93. The van der Waals surface area contributed by atoms with Crippen LogP contribution < -0.4 is 9.46 Å². The van der Waals surface area contributed by atoms with E-state index in [1.54, 1.807) is 18.2 Å². The van der Waals surface area contributed by atoms with E-state index in [0.29, 0.717) is 22.1 Å². The van der Waals surface area contributed by atoms with E-state index >= 15 is 0 Å². The second-order valence-corrected chi connectivity index (χ2v) is 8.02. The molecule has 1 N–H and O–H groups in total. The Hall–Kier alpha value is -2.91. The first kappa shape index (κ1) is 20.8. The average Bonchev–Trinajstić information content (AvgIpc) is 2.65. The molecule has 9 heteroatoms. The van der Waals surface area contributed by atoms with E-state index in [9.17, 15) is 26.4 Å². The third-order valence-corrected chi connectivity index (χ3v) is 5.52. The van der Waals surface area contributed by atoms with Gasteiger partial charge in [-0.25, -0.2) is 13.1 Å². The van der Waals surface area contributed by atoms with Crippen molar-refractivity contribution in [2.75, 3.05) is 0 Å². The molecule has 0 atom stereocenters. The molecule has 0 amide bonds. The second-order valence-electron chi connectivity index (χ2n) is 6.25. The summed E-state index contributed by atoms with van der Waals surface area (Å²) in [6, 6.07) is 13.5. The second kappa shape index (κ2) is 7.84. The van der Waals surface area contributed by atoms with E-state index in [1.807, 2.05) is 0 Å². The van der Waals surface area contributed by atoms with Crippen LogP contribution in [0.1, 0.15) is 18.1 Å². The maximum Gasteiger partial charge on any atom is 0.416 e. The van der Waals surface area contributed by atoms with Gasteiger partial charge < -0.3 is 4.74 Å². The number of nitrogens with one attached hydrogen (secondary N) is 1. The molecular formula is C20H16F3NO4S. The van der Waals surface area contributed by atoms with Crippen LogP contribution in [0.5, 0.6) is 5.75 Å². The number of benzene rings is 3. The first-order chi connectivity index (χ1) is 13.6. The van der Waals surface area contributed by atoms with Gasteiger partial charge in [-0.15, -0.1) is 0 Å². The highest BCUT2D eigenvalue weighted by molar-refractivity contribution is 7.89. The van der Waals surface area contributed by atoms with E-state index in [-0.39, 0.29) is 11.4 Å². The zero-order valence-corrected chi connectivity index (χ0v) is 16.0. The Morgan fingerprint density at radius 2 is 1.72 bits per heavy atom. The van der Waals surface area contributed by atoms with Gasteiger partial charge >= 0.3 is 12.1 Å². The maximum absolute atomic E-state index is 12.6. The van der Waals surface area contributed by atoms with Crippen molar-refractivity contribution < 1.29 is 31.1 Å². The van der Waals surface area contributed by atoms with Crippen molar-refractivity contribution in [1.82, 2.24) is 4.72 Å². The predicted molar refractivity (Wildman–Crippen MR) is 101 cm³/mol.